The summed E-state index contributed by atoms with van der Waals surface area (Å²) in [5.41, 5.74) is 3.20. The predicted molar refractivity (Wildman–Crippen MR) is 85.3 cm³/mol. The first-order chi connectivity index (χ1) is 10.8. The molecule has 0 atom stereocenters. The number of ketones is 1. The second-order valence-electron chi connectivity index (χ2n) is 4.84. The van der Waals surface area contributed by atoms with Gasteiger partial charge in [-0.25, -0.2) is 4.98 Å². The van der Waals surface area contributed by atoms with Crippen LogP contribution in [0.5, 0.6) is 0 Å². The van der Waals surface area contributed by atoms with Crippen molar-refractivity contribution >= 4 is 5.78 Å². The van der Waals surface area contributed by atoms with Crippen LogP contribution in [0.2, 0.25) is 0 Å². The summed E-state index contributed by atoms with van der Waals surface area (Å²) >= 11 is 0. The van der Waals surface area contributed by atoms with E-state index in [9.17, 15) is 4.79 Å². The van der Waals surface area contributed by atoms with Gasteiger partial charge in [-0.05, 0) is 0 Å². The molecular weight excluding hydrogens is 274 g/mol. The summed E-state index contributed by atoms with van der Waals surface area (Å²) in [5, 5.41) is 8.26. The number of carbonyl (C=O) groups excluding carboxylic acids is 1. The van der Waals surface area contributed by atoms with Crippen molar-refractivity contribution in [3.63, 3.8) is 0 Å². The van der Waals surface area contributed by atoms with Crippen LogP contribution in [0.3, 0.4) is 0 Å². The van der Waals surface area contributed by atoms with E-state index in [1.165, 1.54) is 0 Å². The number of benzene rings is 2. The smallest absolute Gasteiger partial charge is 0.218 e. The zero-order valence-corrected chi connectivity index (χ0v) is 12.2. The third kappa shape index (κ3) is 2.76. The maximum atomic E-state index is 11.9. The number of aromatic nitrogens is 3. The molecule has 0 saturated heterocycles. The van der Waals surface area contributed by atoms with Crippen molar-refractivity contribution in [1.82, 2.24) is 15.2 Å². The molecule has 4 heteroatoms. The Bertz CT molecular complexity index is 786. The van der Waals surface area contributed by atoms with Crippen molar-refractivity contribution in [1.29, 1.82) is 0 Å². The highest BCUT2D eigenvalue weighted by atomic mass is 16.1. The molecule has 0 aliphatic carbocycles. The zero-order valence-electron chi connectivity index (χ0n) is 12.2. The maximum Gasteiger partial charge on any atom is 0.218 e. The van der Waals surface area contributed by atoms with E-state index in [1.807, 2.05) is 60.7 Å². The SMILES string of the molecule is CCC(=O)c1nnc(-c2ccccc2)c(-c2ccccc2)n1. The highest BCUT2D eigenvalue weighted by Crippen LogP contribution is 2.28. The Labute approximate surface area is 128 Å². The normalized spacial score (nSPS) is 10.4. The fourth-order valence-electron chi connectivity index (χ4n) is 2.19. The van der Waals surface area contributed by atoms with Crippen LogP contribution in [0.15, 0.2) is 60.7 Å². The summed E-state index contributed by atoms with van der Waals surface area (Å²) < 4.78 is 0. The first-order valence-electron chi connectivity index (χ1n) is 7.18. The molecule has 0 aliphatic rings. The summed E-state index contributed by atoms with van der Waals surface area (Å²) in [7, 11) is 0. The lowest BCUT2D eigenvalue weighted by atomic mass is 10.0. The molecule has 0 saturated carbocycles. The van der Waals surface area contributed by atoms with Gasteiger partial charge in [0.05, 0.1) is 0 Å². The number of Topliss-reactive ketones (excluding diaryl/α,β-unsaturated/α-hetero) is 1. The second-order valence-corrected chi connectivity index (χ2v) is 4.84. The molecule has 0 amide bonds. The van der Waals surface area contributed by atoms with Crippen LogP contribution in [-0.4, -0.2) is 21.0 Å². The van der Waals surface area contributed by atoms with E-state index in [1.54, 1.807) is 6.92 Å². The van der Waals surface area contributed by atoms with E-state index < -0.39 is 0 Å². The van der Waals surface area contributed by atoms with Crippen molar-refractivity contribution in [2.24, 2.45) is 0 Å². The molecule has 0 fully saturated rings. The minimum atomic E-state index is -0.107. The molecule has 108 valence electrons. The van der Waals surface area contributed by atoms with Gasteiger partial charge in [0.15, 0.2) is 0 Å². The predicted octanol–water partition coefficient (Wildman–Crippen LogP) is 3.80. The fourth-order valence-corrected chi connectivity index (χ4v) is 2.19. The van der Waals surface area contributed by atoms with Crippen LogP contribution < -0.4 is 0 Å². The van der Waals surface area contributed by atoms with Crippen LogP contribution in [0.4, 0.5) is 0 Å². The molecule has 1 aromatic heterocycles. The average molecular weight is 289 g/mol. The Kier molecular flexibility index (Phi) is 4.01. The standard InChI is InChI=1S/C18H15N3O/c1-2-15(22)18-19-16(13-9-5-3-6-10-13)17(20-21-18)14-11-7-4-8-12-14/h3-12H,2H2,1H3. The third-order valence-electron chi connectivity index (χ3n) is 3.35. The van der Waals surface area contributed by atoms with Crippen molar-refractivity contribution in [2.75, 3.05) is 0 Å². The lowest BCUT2D eigenvalue weighted by Gasteiger charge is -2.08. The van der Waals surface area contributed by atoms with Gasteiger partial charge in [-0.2, -0.15) is 0 Å². The van der Waals surface area contributed by atoms with Crippen molar-refractivity contribution < 1.29 is 4.79 Å². The molecule has 4 nitrogen and oxygen atoms in total. The Morgan fingerprint density at radius 3 is 1.91 bits per heavy atom. The topological polar surface area (TPSA) is 55.7 Å². The zero-order chi connectivity index (χ0) is 15.4. The number of nitrogens with zero attached hydrogens (tertiary/aromatic N) is 3. The van der Waals surface area contributed by atoms with Gasteiger partial charge in [0, 0.05) is 17.5 Å². The first-order valence-corrected chi connectivity index (χ1v) is 7.18. The molecule has 22 heavy (non-hydrogen) atoms. The Balaban J connectivity index is 2.20. The highest BCUT2D eigenvalue weighted by Gasteiger charge is 2.16. The molecule has 0 radical (unpaired) electrons. The van der Waals surface area contributed by atoms with E-state index in [0.29, 0.717) is 17.8 Å². The van der Waals surface area contributed by atoms with Crippen LogP contribution in [-0.2, 0) is 0 Å². The number of rotatable bonds is 4. The van der Waals surface area contributed by atoms with Gasteiger partial charge >= 0.3 is 0 Å². The molecule has 0 spiro atoms. The van der Waals surface area contributed by atoms with Crippen molar-refractivity contribution in [3.8, 4) is 22.5 Å². The third-order valence-corrected chi connectivity index (χ3v) is 3.35. The van der Waals surface area contributed by atoms with E-state index >= 15 is 0 Å². The molecule has 2 aromatic carbocycles. The van der Waals surface area contributed by atoms with Crippen LogP contribution in [0, 0.1) is 0 Å². The largest absolute Gasteiger partial charge is 0.291 e. The van der Waals surface area contributed by atoms with E-state index in [2.05, 4.69) is 15.2 Å². The van der Waals surface area contributed by atoms with Gasteiger partial charge in [0.1, 0.15) is 11.4 Å². The lowest BCUT2D eigenvalue weighted by Crippen LogP contribution is -2.08. The number of hydrogen-bond acceptors (Lipinski definition) is 4. The Hall–Kier alpha value is -2.88. The summed E-state index contributed by atoms with van der Waals surface area (Å²) in [6, 6.07) is 19.5. The van der Waals surface area contributed by atoms with E-state index in [-0.39, 0.29) is 11.6 Å². The second kappa shape index (κ2) is 6.26. The first kappa shape index (κ1) is 14.1. The molecule has 0 unspecified atom stereocenters. The van der Waals surface area contributed by atoms with Gasteiger partial charge in [-0.3, -0.25) is 4.79 Å². The minimum Gasteiger partial charge on any atom is -0.291 e. The monoisotopic (exact) mass is 289 g/mol. The molecule has 0 aliphatic heterocycles. The van der Waals surface area contributed by atoms with Gasteiger partial charge in [-0.15, -0.1) is 10.2 Å². The van der Waals surface area contributed by atoms with Crippen LogP contribution >= 0.6 is 0 Å². The van der Waals surface area contributed by atoms with Gasteiger partial charge < -0.3 is 0 Å². The van der Waals surface area contributed by atoms with Gasteiger partial charge in [-0.1, -0.05) is 67.6 Å². The molecular formula is C18H15N3O. The fraction of sp³-hybridized carbons (Fsp3) is 0.111. The summed E-state index contributed by atoms with van der Waals surface area (Å²) in [4.78, 5) is 16.3. The number of carbonyl (C=O) groups is 1. The Morgan fingerprint density at radius 1 is 0.818 bits per heavy atom. The highest BCUT2D eigenvalue weighted by molar-refractivity contribution is 5.93. The van der Waals surface area contributed by atoms with Crippen molar-refractivity contribution in [3.05, 3.63) is 66.5 Å². The van der Waals surface area contributed by atoms with Crippen molar-refractivity contribution in [2.45, 2.75) is 13.3 Å². The summed E-state index contributed by atoms with van der Waals surface area (Å²) in [6.45, 7) is 1.79. The van der Waals surface area contributed by atoms with E-state index in [4.69, 9.17) is 0 Å². The molecule has 0 bridgehead atoms. The minimum absolute atomic E-state index is 0.107. The van der Waals surface area contributed by atoms with Gasteiger partial charge in [0.2, 0.25) is 11.6 Å². The van der Waals surface area contributed by atoms with Crippen LogP contribution in [0.25, 0.3) is 22.5 Å². The van der Waals surface area contributed by atoms with Gasteiger partial charge in [0.25, 0.3) is 0 Å². The molecule has 1 heterocycles. The lowest BCUT2D eigenvalue weighted by molar-refractivity contribution is 0.0977. The summed E-state index contributed by atoms with van der Waals surface area (Å²) in [5.74, 6) is 0.0605. The average Bonchev–Trinajstić information content (AvgIpc) is 2.62. The van der Waals surface area contributed by atoms with E-state index in [0.717, 1.165) is 11.1 Å². The molecule has 3 rings (SSSR count). The summed E-state index contributed by atoms with van der Waals surface area (Å²) in [6.07, 6.45) is 0.362. The molecule has 3 aromatic rings. The molecule has 0 N–H and O–H groups in total. The van der Waals surface area contributed by atoms with Crippen LogP contribution in [0.1, 0.15) is 24.0 Å². The quantitative estimate of drug-likeness (QED) is 0.685. The Morgan fingerprint density at radius 2 is 1.36 bits per heavy atom. The maximum absolute atomic E-state index is 11.9. The number of hydrogen-bond donors (Lipinski definition) is 0.